The van der Waals surface area contributed by atoms with Gasteiger partial charge in [0.2, 0.25) is 15.8 Å². The molecule has 0 spiro atoms. The van der Waals surface area contributed by atoms with Gasteiger partial charge in [-0.3, -0.25) is 4.79 Å². The summed E-state index contributed by atoms with van der Waals surface area (Å²) in [6, 6.07) is 7.14. The third kappa shape index (κ3) is 5.70. The van der Waals surface area contributed by atoms with Crippen LogP contribution in [0.5, 0.6) is 0 Å². The number of hydrogen-bond donors (Lipinski definition) is 1. The first kappa shape index (κ1) is 21.2. The summed E-state index contributed by atoms with van der Waals surface area (Å²) in [5.74, 6) is -1.10. The minimum absolute atomic E-state index is 0.0204. The van der Waals surface area contributed by atoms with Gasteiger partial charge in [-0.05, 0) is 24.3 Å². The molecular weight excluding hydrogens is 421 g/mol. The molecule has 8 nitrogen and oxygen atoms in total. The van der Waals surface area contributed by atoms with E-state index in [0.29, 0.717) is 0 Å². The number of ether oxygens (including phenoxy) is 2. The summed E-state index contributed by atoms with van der Waals surface area (Å²) in [5, 5.41) is -0.0615. The van der Waals surface area contributed by atoms with Crippen molar-refractivity contribution < 1.29 is 31.9 Å². The molecule has 0 bridgehead atoms. The monoisotopic (exact) mass is 435 g/mol. The fourth-order valence-electron chi connectivity index (χ4n) is 1.99. The number of esters is 2. The van der Waals surface area contributed by atoms with E-state index in [1.165, 1.54) is 37.4 Å². The number of benzene rings is 1. The Labute approximate surface area is 165 Å². The predicted octanol–water partition coefficient (Wildman–Crippen LogP) is 2.78. The first-order valence-electron chi connectivity index (χ1n) is 7.51. The Bertz CT molecular complexity index is 920. The summed E-state index contributed by atoms with van der Waals surface area (Å²) in [6.07, 6.45) is -0.230. The van der Waals surface area contributed by atoms with Crippen molar-refractivity contribution in [3.8, 4) is 0 Å². The summed E-state index contributed by atoms with van der Waals surface area (Å²) < 4.78 is 41.3. The van der Waals surface area contributed by atoms with Crippen LogP contribution in [0.1, 0.15) is 22.7 Å². The lowest BCUT2D eigenvalue weighted by atomic mass is 10.4. The molecule has 0 aliphatic heterocycles. The van der Waals surface area contributed by atoms with Crippen LogP contribution in [-0.4, -0.2) is 34.0 Å². The number of hydrogen-bond acceptors (Lipinski definition) is 7. The molecule has 0 aliphatic carbocycles. The molecule has 0 fully saturated rings. The second kappa shape index (κ2) is 9.23. The minimum Gasteiger partial charge on any atom is -0.463 e. The Morgan fingerprint density at radius 1 is 1.15 bits per heavy atom. The topological polar surface area (TPSA) is 112 Å². The highest BCUT2D eigenvalue weighted by molar-refractivity contribution is 7.89. The van der Waals surface area contributed by atoms with Crippen LogP contribution in [0.15, 0.2) is 39.6 Å². The Morgan fingerprint density at radius 2 is 1.81 bits per heavy atom. The maximum atomic E-state index is 12.2. The van der Waals surface area contributed by atoms with Crippen molar-refractivity contribution in [3.05, 3.63) is 51.9 Å². The van der Waals surface area contributed by atoms with Crippen molar-refractivity contribution in [1.82, 2.24) is 4.72 Å². The van der Waals surface area contributed by atoms with E-state index in [1.807, 2.05) is 0 Å². The fourth-order valence-corrected chi connectivity index (χ4v) is 4.16. The van der Waals surface area contributed by atoms with Crippen molar-refractivity contribution in [3.63, 3.8) is 0 Å². The van der Waals surface area contributed by atoms with Crippen molar-refractivity contribution in [2.75, 3.05) is 13.7 Å². The summed E-state index contributed by atoms with van der Waals surface area (Å²) >= 11 is 11.7. The highest BCUT2D eigenvalue weighted by Gasteiger charge is 2.21. The second-order valence-corrected chi connectivity index (χ2v) is 7.63. The molecule has 2 aromatic rings. The number of carbonyl (C=O) groups excluding carboxylic acids is 2. The van der Waals surface area contributed by atoms with Crippen molar-refractivity contribution in [2.24, 2.45) is 0 Å². The molecule has 0 radical (unpaired) electrons. The minimum atomic E-state index is -3.99. The lowest BCUT2D eigenvalue weighted by Gasteiger charge is -2.09. The maximum Gasteiger partial charge on any atom is 0.373 e. The van der Waals surface area contributed by atoms with Gasteiger partial charge < -0.3 is 13.9 Å². The van der Waals surface area contributed by atoms with Crippen molar-refractivity contribution in [1.29, 1.82) is 0 Å². The van der Waals surface area contributed by atoms with Crippen molar-refractivity contribution in [2.45, 2.75) is 17.9 Å². The number of furan rings is 1. The van der Waals surface area contributed by atoms with Crippen LogP contribution in [0, 0.1) is 0 Å². The van der Waals surface area contributed by atoms with E-state index < -0.39 is 22.0 Å². The standard InChI is InChI=1S/C16H15Cl2NO7S/c1-24-16(21)13-6-5-10(26-13)9-25-14(20)7-8-19-27(22,23)15-11(17)3-2-4-12(15)18/h2-6,19H,7-9H2,1H3. The quantitative estimate of drug-likeness (QED) is 0.634. The number of rotatable bonds is 8. The SMILES string of the molecule is COC(=O)c1ccc(COC(=O)CCNS(=O)(=O)c2c(Cl)cccc2Cl)o1. The molecular formula is C16H15Cl2NO7S. The van der Waals surface area contributed by atoms with Gasteiger partial charge in [-0.25, -0.2) is 17.9 Å². The summed E-state index contributed by atoms with van der Waals surface area (Å²) in [6.45, 7) is -0.423. The van der Waals surface area contributed by atoms with E-state index in [0.717, 1.165) is 0 Å². The van der Waals surface area contributed by atoms with Crippen LogP contribution in [0.2, 0.25) is 10.0 Å². The van der Waals surface area contributed by atoms with Crippen LogP contribution in [0.25, 0.3) is 0 Å². The fraction of sp³-hybridized carbons (Fsp3) is 0.250. The van der Waals surface area contributed by atoms with Crippen LogP contribution in [-0.2, 0) is 30.9 Å². The van der Waals surface area contributed by atoms with E-state index >= 15 is 0 Å². The second-order valence-electron chi connectivity index (χ2n) is 5.12. The number of methoxy groups -OCH3 is 1. The van der Waals surface area contributed by atoms with E-state index in [4.69, 9.17) is 32.4 Å². The van der Waals surface area contributed by atoms with Gasteiger partial charge in [-0.15, -0.1) is 0 Å². The van der Waals surface area contributed by atoms with E-state index in [1.54, 1.807) is 0 Å². The van der Waals surface area contributed by atoms with E-state index in [2.05, 4.69) is 9.46 Å². The van der Waals surface area contributed by atoms with Gasteiger partial charge >= 0.3 is 11.9 Å². The van der Waals surface area contributed by atoms with Gasteiger partial charge in [-0.1, -0.05) is 29.3 Å². The first-order valence-corrected chi connectivity index (χ1v) is 9.75. The number of halogens is 2. The van der Waals surface area contributed by atoms with Crippen LogP contribution >= 0.6 is 23.2 Å². The molecule has 0 atom stereocenters. The molecule has 0 amide bonds. The molecule has 1 N–H and O–H groups in total. The summed E-state index contributed by atoms with van der Waals surface area (Å²) in [4.78, 5) is 22.7. The number of sulfonamides is 1. The third-order valence-corrected chi connectivity index (χ3v) is 5.65. The van der Waals surface area contributed by atoms with Crippen LogP contribution in [0.4, 0.5) is 0 Å². The third-order valence-electron chi connectivity index (χ3n) is 3.23. The number of nitrogens with one attached hydrogen (secondary N) is 1. The molecule has 0 saturated carbocycles. The Morgan fingerprint density at radius 3 is 2.44 bits per heavy atom. The predicted molar refractivity (Wildman–Crippen MR) is 96.1 cm³/mol. The van der Waals surface area contributed by atoms with Crippen molar-refractivity contribution >= 4 is 45.2 Å². The molecule has 2 rings (SSSR count). The highest BCUT2D eigenvalue weighted by Crippen LogP contribution is 2.28. The first-order chi connectivity index (χ1) is 12.7. The molecule has 1 aromatic heterocycles. The van der Waals surface area contributed by atoms with Crippen LogP contribution in [0.3, 0.4) is 0 Å². The van der Waals surface area contributed by atoms with E-state index in [-0.39, 0.29) is 46.0 Å². The lowest BCUT2D eigenvalue weighted by Crippen LogP contribution is -2.27. The van der Waals surface area contributed by atoms with Gasteiger partial charge in [0, 0.05) is 6.54 Å². The Balaban J connectivity index is 1.84. The Hall–Kier alpha value is -2.07. The van der Waals surface area contributed by atoms with E-state index in [9.17, 15) is 18.0 Å². The number of carbonyl (C=O) groups is 2. The summed E-state index contributed by atoms with van der Waals surface area (Å²) in [7, 11) is -2.78. The molecule has 27 heavy (non-hydrogen) atoms. The molecule has 1 heterocycles. The van der Waals surface area contributed by atoms with Gasteiger partial charge in [0.05, 0.1) is 23.6 Å². The molecule has 11 heteroatoms. The van der Waals surface area contributed by atoms with Crippen LogP contribution < -0.4 is 4.72 Å². The smallest absolute Gasteiger partial charge is 0.373 e. The lowest BCUT2D eigenvalue weighted by molar-refractivity contribution is -0.145. The zero-order chi connectivity index (χ0) is 20.0. The average Bonchev–Trinajstić information content (AvgIpc) is 3.07. The molecule has 1 aromatic carbocycles. The largest absolute Gasteiger partial charge is 0.463 e. The molecule has 0 aliphatic rings. The van der Waals surface area contributed by atoms with Gasteiger partial charge in [0.1, 0.15) is 17.3 Å². The normalized spacial score (nSPS) is 11.2. The maximum absolute atomic E-state index is 12.2. The zero-order valence-electron chi connectivity index (χ0n) is 14.0. The Kier molecular flexibility index (Phi) is 7.25. The average molecular weight is 436 g/mol. The molecule has 0 unspecified atom stereocenters. The van der Waals surface area contributed by atoms with Gasteiger partial charge in [-0.2, -0.15) is 0 Å². The van der Waals surface area contributed by atoms with Gasteiger partial charge in [0.15, 0.2) is 0 Å². The summed E-state index contributed by atoms with van der Waals surface area (Å²) in [5.41, 5.74) is 0. The van der Waals surface area contributed by atoms with Gasteiger partial charge in [0.25, 0.3) is 0 Å². The molecule has 0 saturated heterocycles. The zero-order valence-corrected chi connectivity index (χ0v) is 16.4. The highest BCUT2D eigenvalue weighted by atomic mass is 35.5. The molecule has 146 valence electrons.